The normalized spacial score (nSPS) is 14.9. The van der Waals surface area contributed by atoms with Gasteiger partial charge in [0.1, 0.15) is 7.38 Å². The van der Waals surface area contributed by atoms with Gasteiger partial charge in [0, 0.05) is 13.3 Å². The van der Waals surface area contributed by atoms with Gasteiger partial charge in [-0.2, -0.15) is 11.1 Å². The molecule has 0 aromatic rings. The highest BCUT2D eigenvalue weighted by Crippen LogP contribution is 2.38. The second-order valence-electron chi connectivity index (χ2n) is 22.7. The Morgan fingerprint density at radius 2 is 0.714 bits per heavy atom. The van der Waals surface area contributed by atoms with Crippen LogP contribution >= 0.6 is 18.7 Å². The lowest BCUT2D eigenvalue weighted by atomic mass is 10.6. The van der Waals surface area contributed by atoms with Crippen molar-refractivity contribution in [2.45, 2.75) is 200 Å². The van der Waals surface area contributed by atoms with E-state index in [9.17, 15) is 14.4 Å². The Labute approximate surface area is 364 Å². The van der Waals surface area contributed by atoms with Gasteiger partial charge in [0.05, 0.1) is 0 Å². The Balaban J connectivity index is -0.000000820. The molecule has 10 nitrogen and oxygen atoms in total. The van der Waals surface area contributed by atoms with Gasteiger partial charge in [-0.05, 0) is 187 Å². The zero-order valence-electron chi connectivity index (χ0n) is 41.4. The summed E-state index contributed by atoms with van der Waals surface area (Å²) >= 11 is 6.33. The molecule has 0 saturated carbocycles. The molecule has 0 aliphatic rings. The maximum Gasteiger partial charge on any atom is 0.325 e. The van der Waals surface area contributed by atoms with E-state index in [1.165, 1.54) is 24.2 Å². The number of rotatable bonds is 23. The van der Waals surface area contributed by atoms with E-state index >= 15 is 0 Å². The van der Waals surface area contributed by atoms with Crippen molar-refractivity contribution in [1.29, 1.82) is 0 Å². The molecule has 0 spiro atoms. The van der Waals surface area contributed by atoms with Gasteiger partial charge in [-0.25, -0.2) is 0 Å². The fourth-order valence-corrected chi connectivity index (χ4v) is 55.3. The average molecular weight is 1030 g/mol. The van der Waals surface area contributed by atoms with Crippen molar-refractivity contribution in [2.75, 3.05) is 13.3 Å². The maximum absolute atomic E-state index is 11.3. The molecule has 0 unspecified atom stereocenters. The highest BCUT2D eigenvalue weighted by Gasteiger charge is 2.47. The van der Waals surface area contributed by atoms with Gasteiger partial charge in [-0.1, -0.05) is 13.1 Å². The molecular weight excluding hydrogens is 932 g/mol. The van der Waals surface area contributed by atoms with Crippen LogP contribution < -0.4 is 0 Å². The zero-order chi connectivity index (χ0) is 45.9. The third-order valence-corrected chi connectivity index (χ3v) is 43.6. The Morgan fingerprint density at radius 3 is 0.964 bits per heavy atom. The monoisotopic (exact) mass is 1020 g/mol. The van der Waals surface area contributed by atoms with Crippen molar-refractivity contribution in [3.05, 3.63) is 0 Å². The molecule has 0 fully saturated rings. The molecule has 0 bridgehead atoms. The minimum Gasteiger partial charge on any atom is -0.456 e. The van der Waals surface area contributed by atoms with Crippen molar-refractivity contribution >= 4 is 110 Å². The third kappa shape index (κ3) is 43.2. The van der Waals surface area contributed by atoms with Crippen LogP contribution in [0.4, 0.5) is 0 Å². The summed E-state index contributed by atoms with van der Waals surface area (Å²) in [4.78, 5) is 18.4. The van der Waals surface area contributed by atoms with E-state index in [-0.39, 0.29) is 6.16 Å². The van der Waals surface area contributed by atoms with Crippen LogP contribution in [0.2, 0.25) is 194 Å². The molecule has 0 aliphatic carbocycles. The standard InChI is InChI=1S/C14H41O7PSi5.C10H28O2Si3.C9H25ClOSi3/c1-23(2,3)18-25(7,8)20-27(11,14-12-13-22(15,16)17)21-26(9,10)19-24(4,5)6;1-11-14(5,6)9-10-15(7,8)12-13(2,3)4;1-12(2,3)11-14(6,7)9-8-13(4,5)10/h12-14H2,1-11H3,(H2,15,16,17);9-10H2,1-8H3;8-9H2,1-7H3. The lowest BCUT2D eigenvalue weighted by Gasteiger charge is -2.43. The highest BCUT2D eigenvalue weighted by molar-refractivity contribution is 7.51. The van der Waals surface area contributed by atoms with Crippen LogP contribution in [0.5, 0.6) is 0 Å². The van der Waals surface area contributed by atoms with E-state index in [1.54, 1.807) is 0 Å². The largest absolute Gasteiger partial charge is 0.456 e. The number of hydrogen-bond donors (Lipinski definition) is 2. The van der Waals surface area contributed by atoms with Crippen LogP contribution in [0.15, 0.2) is 0 Å². The molecule has 23 heteroatoms. The van der Waals surface area contributed by atoms with E-state index in [0.717, 1.165) is 0 Å². The molecule has 2 N–H and O–H groups in total. The molecule has 0 saturated heterocycles. The van der Waals surface area contributed by atoms with Crippen LogP contribution in [-0.4, -0.2) is 114 Å². The van der Waals surface area contributed by atoms with E-state index in [0.29, 0.717) is 12.5 Å². The lowest BCUT2D eigenvalue weighted by molar-refractivity contribution is 0.292. The summed E-state index contributed by atoms with van der Waals surface area (Å²) in [6, 6.07) is 5.39. The molecule has 0 atom stereocenters. The topological polar surface area (TPSA) is 122 Å². The van der Waals surface area contributed by atoms with E-state index in [4.69, 9.17) is 40.2 Å². The van der Waals surface area contributed by atoms with Gasteiger partial charge in [0.15, 0.2) is 58.2 Å². The van der Waals surface area contributed by atoms with Crippen LogP contribution in [0.3, 0.4) is 0 Å². The van der Waals surface area contributed by atoms with Crippen LogP contribution in [0.25, 0.3) is 0 Å². The minimum atomic E-state index is -4.04. The van der Waals surface area contributed by atoms with Crippen molar-refractivity contribution in [3.8, 4) is 0 Å². The molecule has 0 radical (unpaired) electrons. The molecular formula is C33H94ClO10PSi11. The fourth-order valence-electron chi connectivity index (χ4n) is 6.35. The van der Waals surface area contributed by atoms with Gasteiger partial charge in [0.25, 0.3) is 0 Å². The van der Waals surface area contributed by atoms with Crippen molar-refractivity contribution in [1.82, 2.24) is 0 Å². The fraction of sp³-hybridized carbons (Fsp3) is 1.00. The Morgan fingerprint density at radius 1 is 0.429 bits per heavy atom. The highest BCUT2D eigenvalue weighted by atomic mass is 35.6. The van der Waals surface area contributed by atoms with Gasteiger partial charge in [0.2, 0.25) is 0 Å². The first kappa shape index (κ1) is 62.8. The van der Waals surface area contributed by atoms with Crippen molar-refractivity contribution in [2.24, 2.45) is 0 Å². The summed E-state index contributed by atoms with van der Waals surface area (Å²) in [5.41, 5.74) is 0. The third-order valence-electron chi connectivity index (χ3n) is 7.48. The Bertz CT molecular complexity index is 1140. The summed E-state index contributed by atoms with van der Waals surface area (Å²) in [5, 5.41) is 0. The molecule has 0 rings (SSSR count). The number of hydrogen-bond acceptors (Lipinski definition) is 8. The maximum atomic E-state index is 11.3. The molecule has 0 heterocycles. The summed E-state index contributed by atoms with van der Waals surface area (Å²) in [7, 11) is -21.8. The number of halogens is 1. The van der Waals surface area contributed by atoms with Gasteiger partial charge < -0.3 is 38.9 Å². The van der Waals surface area contributed by atoms with Crippen LogP contribution in [0.1, 0.15) is 6.42 Å². The average Bonchev–Trinajstić information content (AvgIpc) is 2.79. The Kier molecular flexibility index (Phi) is 26.3. The van der Waals surface area contributed by atoms with Crippen molar-refractivity contribution in [3.63, 3.8) is 0 Å². The zero-order valence-corrected chi connectivity index (χ0v) is 54.1. The molecule has 342 valence electrons. The summed E-state index contributed by atoms with van der Waals surface area (Å²) in [5.74, 6) is 0. The quantitative estimate of drug-likeness (QED) is 0.0581. The predicted molar refractivity (Wildman–Crippen MR) is 275 cm³/mol. The van der Waals surface area contributed by atoms with Gasteiger partial charge in [-0.3, -0.25) is 4.57 Å². The van der Waals surface area contributed by atoms with Crippen LogP contribution in [-0.2, 0) is 33.7 Å². The molecule has 56 heavy (non-hydrogen) atoms. The molecule has 0 aromatic carbocycles. The van der Waals surface area contributed by atoms with Crippen LogP contribution in [0, 0.1) is 0 Å². The Hall–Kier alpha value is 2.55. The molecule has 0 aromatic heterocycles. The first-order valence-electron chi connectivity index (χ1n) is 20.4. The molecule has 0 amide bonds. The first-order chi connectivity index (χ1) is 23.9. The SMILES string of the molecule is CO[Si](C)(C)CC[Si](C)(C)O[Si](C)(C)C.C[Si](C)(C)O[Si](C)(C)O[Si](C)(CCCP(=O)(O)O)O[Si](C)(C)O[Si](C)(C)C.C[Si](C)(Cl)CC[Si](C)(C)O[Si](C)(C)C. The van der Waals surface area contributed by atoms with Crippen molar-refractivity contribution < 1.29 is 43.5 Å². The lowest BCUT2D eigenvalue weighted by Crippen LogP contribution is -2.59. The minimum absolute atomic E-state index is 0.157. The predicted octanol–water partition coefficient (Wildman–Crippen LogP) is 13.1. The van der Waals surface area contributed by atoms with Gasteiger partial charge in [-0.15, -0.1) is 0 Å². The van der Waals surface area contributed by atoms with E-state index in [2.05, 4.69) is 131 Å². The molecule has 0 aliphatic heterocycles. The first-order valence-corrected chi connectivity index (χ1v) is 57.6. The second kappa shape index (κ2) is 23.5. The van der Waals surface area contributed by atoms with Gasteiger partial charge >= 0.3 is 33.3 Å². The smallest absolute Gasteiger partial charge is 0.325 e. The van der Waals surface area contributed by atoms with E-state index in [1.807, 2.05) is 39.8 Å². The van der Waals surface area contributed by atoms with E-state index < -0.39 is 98.9 Å². The second-order valence-corrected chi connectivity index (χ2v) is 74.1. The summed E-state index contributed by atoms with van der Waals surface area (Å²) in [6.45, 7) is 54.8. The summed E-state index contributed by atoms with van der Waals surface area (Å²) in [6.07, 6.45) is 0.206. The summed E-state index contributed by atoms with van der Waals surface area (Å²) < 4.78 is 55.2.